The van der Waals surface area contributed by atoms with Crippen LogP contribution in [-0.4, -0.2) is 49.1 Å². The van der Waals surface area contributed by atoms with Crippen LogP contribution in [0, 0.1) is 3.57 Å². The number of thiocarbonyl (C=S) groups is 1. The largest absolute Gasteiger partial charge is 0.368 e. The number of halogens is 2. The number of rotatable bonds is 3. The first-order valence-electron chi connectivity index (χ1n) is 8.53. The standard InChI is InChI=1S/C19H20ClIN4OS/c1-24-8-10-25(11-9-24)17-7-6-15(12-16(17)20)22-19(27)23-18(26)13-2-4-14(21)5-3-13/h2-7,12H,8-11H2,1H3,(H2,22,23,26,27). The van der Waals surface area contributed by atoms with Gasteiger partial charge in [0.15, 0.2) is 5.11 Å². The minimum Gasteiger partial charge on any atom is -0.368 e. The number of piperazine rings is 1. The van der Waals surface area contributed by atoms with Gasteiger partial charge in [0.1, 0.15) is 0 Å². The van der Waals surface area contributed by atoms with Crippen LogP contribution in [0.25, 0.3) is 0 Å². The highest BCUT2D eigenvalue weighted by atomic mass is 127. The maximum atomic E-state index is 12.2. The predicted molar refractivity (Wildman–Crippen MR) is 124 cm³/mol. The minimum atomic E-state index is -0.246. The van der Waals surface area contributed by atoms with E-state index in [0.717, 1.165) is 41.1 Å². The summed E-state index contributed by atoms with van der Waals surface area (Å²) in [4.78, 5) is 16.8. The molecule has 142 valence electrons. The lowest BCUT2D eigenvalue weighted by atomic mass is 10.2. The highest BCUT2D eigenvalue weighted by molar-refractivity contribution is 14.1. The Morgan fingerprint density at radius 3 is 2.41 bits per heavy atom. The third-order valence-corrected chi connectivity index (χ3v) is 5.61. The smallest absolute Gasteiger partial charge is 0.257 e. The summed E-state index contributed by atoms with van der Waals surface area (Å²) in [5.41, 5.74) is 2.32. The van der Waals surface area contributed by atoms with Crippen molar-refractivity contribution >= 4 is 68.8 Å². The fourth-order valence-corrected chi connectivity index (χ4v) is 3.70. The third kappa shape index (κ3) is 5.54. The number of benzene rings is 2. The van der Waals surface area contributed by atoms with Gasteiger partial charge in [-0.25, -0.2) is 0 Å². The van der Waals surface area contributed by atoms with Crippen LogP contribution in [-0.2, 0) is 0 Å². The Hall–Kier alpha value is -1.42. The summed E-state index contributed by atoms with van der Waals surface area (Å²) in [5, 5.41) is 6.61. The normalized spacial score (nSPS) is 14.7. The van der Waals surface area contributed by atoms with Crippen molar-refractivity contribution in [1.29, 1.82) is 0 Å². The summed E-state index contributed by atoms with van der Waals surface area (Å²) in [6.07, 6.45) is 0. The van der Waals surface area contributed by atoms with Crippen LogP contribution in [0.1, 0.15) is 10.4 Å². The average molecular weight is 515 g/mol. The molecular formula is C19H20ClIN4OS. The number of nitrogens with zero attached hydrogens (tertiary/aromatic N) is 2. The summed E-state index contributed by atoms with van der Waals surface area (Å²) < 4.78 is 1.07. The lowest BCUT2D eigenvalue weighted by Gasteiger charge is -2.34. The molecule has 0 saturated carbocycles. The molecule has 1 saturated heterocycles. The average Bonchev–Trinajstić information content (AvgIpc) is 2.63. The first kappa shape index (κ1) is 20.3. The van der Waals surface area contributed by atoms with E-state index in [2.05, 4.69) is 50.1 Å². The van der Waals surface area contributed by atoms with Crippen molar-refractivity contribution in [1.82, 2.24) is 10.2 Å². The van der Waals surface area contributed by atoms with Gasteiger partial charge in [-0.05, 0) is 84.3 Å². The number of carbonyl (C=O) groups is 1. The second-order valence-electron chi connectivity index (χ2n) is 6.37. The number of nitrogens with one attached hydrogen (secondary N) is 2. The molecule has 0 spiro atoms. The van der Waals surface area contributed by atoms with E-state index in [-0.39, 0.29) is 11.0 Å². The Morgan fingerprint density at radius 2 is 1.78 bits per heavy atom. The molecule has 5 nitrogen and oxygen atoms in total. The summed E-state index contributed by atoms with van der Waals surface area (Å²) in [7, 11) is 2.12. The lowest BCUT2D eigenvalue weighted by molar-refractivity contribution is 0.0977. The fourth-order valence-electron chi connectivity index (χ4n) is 2.83. The van der Waals surface area contributed by atoms with E-state index in [0.29, 0.717) is 10.6 Å². The molecular weight excluding hydrogens is 495 g/mol. The molecule has 1 amide bonds. The Balaban J connectivity index is 1.60. The van der Waals surface area contributed by atoms with Crippen molar-refractivity contribution < 1.29 is 4.79 Å². The molecule has 8 heteroatoms. The zero-order chi connectivity index (χ0) is 19.4. The van der Waals surface area contributed by atoms with Crippen LogP contribution < -0.4 is 15.5 Å². The molecule has 1 aliphatic heterocycles. The van der Waals surface area contributed by atoms with Gasteiger partial charge in [0.2, 0.25) is 0 Å². The van der Waals surface area contributed by atoms with Crippen molar-refractivity contribution in [3.63, 3.8) is 0 Å². The summed E-state index contributed by atoms with van der Waals surface area (Å²) in [6.45, 7) is 3.94. The van der Waals surface area contributed by atoms with E-state index < -0.39 is 0 Å². The molecule has 0 atom stereocenters. The molecule has 0 unspecified atom stereocenters. The van der Waals surface area contributed by atoms with Gasteiger partial charge in [0.05, 0.1) is 10.7 Å². The monoisotopic (exact) mass is 514 g/mol. The van der Waals surface area contributed by atoms with Gasteiger partial charge in [0, 0.05) is 41.0 Å². The number of hydrogen-bond donors (Lipinski definition) is 2. The second-order valence-corrected chi connectivity index (χ2v) is 8.43. The molecule has 0 aliphatic carbocycles. The van der Waals surface area contributed by atoms with E-state index in [1.165, 1.54) is 0 Å². The fraction of sp³-hybridized carbons (Fsp3) is 0.263. The van der Waals surface area contributed by atoms with Crippen LogP contribution >= 0.6 is 46.4 Å². The van der Waals surface area contributed by atoms with Crippen LogP contribution in [0.3, 0.4) is 0 Å². The van der Waals surface area contributed by atoms with Crippen LogP contribution in [0.2, 0.25) is 5.02 Å². The van der Waals surface area contributed by atoms with Crippen LogP contribution in [0.15, 0.2) is 42.5 Å². The van der Waals surface area contributed by atoms with E-state index in [1.54, 1.807) is 12.1 Å². The first-order chi connectivity index (χ1) is 12.9. The maximum absolute atomic E-state index is 12.2. The number of likely N-dealkylation sites (N-methyl/N-ethyl adjacent to an activating group) is 1. The van der Waals surface area contributed by atoms with E-state index >= 15 is 0 Å². The molecule has 0 radical (unpaired) electrons. The highest BCUT2D eigenvalue weighted by Gasteiger charge is 2.17. The molecule has 27 heavy (non-hydrogen) atoms. The summed E-state index contributed by atoms with van der Waals surface area (Å²) >= 11 is 13.9. The van der Waals surface area contributed by atoms with E-state index in [4.69, 9.17) is 23.8 Å². The molecule has 0 aromatic heterocycles. The highest BCUT2D eigenvalue weighted by Crippen LogP contribution is 2.29. The Morgan fingerprint density at radius 1 is 1.11 bits per heavy atom. The second kappa shape index (κ2) is 9.18. The van der Waals surface area contributed by atoms with Gasteiger partial charge in [-0.3, -0.25) is 10.1 Å². The number of anilines is 2. The van der Waals surface area contributed by atoms with Crippen molar-refractivity contribution in [2.45, 2.75) is 0 Å². The topological polar surface area (TPSA) is 47.6 Å². The van der Waals surface area contributed by atoms with E-state index in [1.807, 2.05) is 30.3 Å². The van der Waals surface area contributed by atoms with Gasteiger partial charge in [-0.15, -0.1) is 0 Å². The lowest BCUT2D eigenvalue weighted by Crippen LogP contribution is -2.44. The van der Waals surface area contributed by atoms with Gasteiger partial charge < -0.3 is 15.1 Å². The Labute approximate surface area is 183 Å². The van der Waals surface area contributed by atoms with Crippen molar-refractivity contribution in [2.24, 2.45) is 0 Å². The molecule has 2 aromatic carbocycles. The van der Waals surface area contributed by atoms with Crippen molar-refractivity contribution in [3.8, 4) is 0 Å². The van der Waals surface area contributed by atoms with Gasteiger partial charge >= 0.3 is 0 Å². The molecule has 2 aromatic rings. The SMILES string of the molecule is CN1CCN(c2ccc(NC(=S)NC(=O)c3ccc(I)cc3)cc2Cl)CC1. The zero-order valence-electron chi connectivity index (χ0n) is 14.8. The number of hydrogen-bond acceptors (Lipinski definition) is 4. The van der Waals surface area contributed by atoms with Crippen molar-refractivity contribution in [3.05, 3.63) is 56.6 Å². The third-order valence-electron chi connectivity index (χ3n) is 4.38. The van der Waals surface area contributed by atoms with Gasteiger partial charge in [0.25, 0.3) is 5.91 Å². The van der Waals surface area contributed by atoms with Crippen molar-refractivity contribution in [2.75, 3.05) is 43.4 Å². The van der Waals surface area contributed by atoms with Crippen LogP contribution in [0.5, 0.6) is 0 Å². The molecule has 0 bridgehead atoms. The molecule has 2 N–H and O–H groups in total. The van der Waals surface area contributed by atoms with E-state index in [9.17, 15) is 4.79 Å². The minimum absolute atomic E-state index is 0.238. The number of amides is 1. The Kier molecular flexibility index (Phi) is 6.91. The van der Waals surface area contributed by atoms with Gasteiger partial charge in [-0.2, -0.15) is 0 Å². The molecule has 1 fully saturated rings. The number of carbonyl (C=O) groups excluding carboxylic acids is 1. The zero-order valence-corrected chi connectivity index (χ0v) is 18.6. The first-order valence-corrected chi connectivity index (χ1v) is 10.4. The van der Waals surface area contributed by atoms with Gasteiger partial charge in [-0.1, -0.05) is 11.6 Å². The predicted octanol–water partition coefficient (Wildman–Crippen LogP) is 3.82. The Bertz CT molecular complexity index is 838. The maximum Gasteiger partial charge on any atom is 0.257 e. The summed E-state index contributed by atoms with van der Waals surface area (Å²) in [5.74, 6) is -0.246. The summed E-state index contributed by atoms with van der Waals surface area (Å²) in [6, 6.07) is 13.0. The van der Waals surface area contributed by atoms with Crippen LogP contribution in [0.4, 0.5) is 11.4 Å². The quantitative estimate of drug-likeness (QED) is 0.482. The molecule has 3 rings (SSSR count). The molecule has 1 heterocycles. The molecule has 1 aliphatic rings.